The second-order valence-electron chi connectivity index (χ2n) is 15.3. The summed E-state index contributed by atoms with van der Waals surface area (Å²) in [6.07, 6.45) is 17.2. The second kappa shape index (κ2) is 19.3. The van der Waals surface area contributed by atoms with E-state index in [4.69, 9.17) is 24.2 Å². The molecule has 0 radical (unpaired) electrons. The van der Waals surface area contributed by atoms with Crippen molar-refractivity contribution in [2.75, 3.05) is 26.1 Å². The van der Waals surface area contributed by atoms with Gasteiger partial charge in [0.15, 0.2) is 0 Å². The van der Waals surface area contributed by atoms with E-state index in [1.165, 1.54) is 30.6 Å². The van der Waals surface area contributed by atoms with Crippen LogP contribution in [0, 0.1) is 17.8 Å². The number of unbranched alkanes of at least 4 members (excludes halogenated alkanes) is 2. The Kier molecular flexibility index (Phi) is 14.0. The van der Waals surface area contributed by atoms with Crippen molar-refractivity contribution in [3.8, 4) is 17.2 Å². The Labute approximate surface area is 335 Å². The van der Waals surface area contributed by atoms with Crippen LogP contribution in [0.2, 0.25) is 0 Å². The first kappa shape index (κ1) is 40.0. The minimum absolute atomic E-state index is 0.0256. The molecule has 3 aliphatic carbocycles. The van der Waals surface area contributed by atoms with Crippen LogP contribution in [-0.4, -0.2) is 58.3 Å². The van der Waals surface area contributed by atoms with Crippen LogP contribution >= 0.6 is 23.5 Å². The molecule has 1 heterocycles. The third-order valence-corrected chi connectivity index (χ3v) is 14.2. The highest BCUT2D eigenvalue weighted by molar-refractivity contribution is 8.00. The number of aliphatic hydroxyl groups excluding tert-OH is 2. The lowest BCUT2D eigenvalue weighted by Gasteiger charge is -2.58. The van der Waals surface area contributed by atoms with Gasteiger partial charge in [0.1, 0.15) is 23.9 Å². The van der Waals surface area contributed by atoms with E-state index in [0.717, 1.165) is 78.2 Å². The summed E-state index contributed by atoms with van der Waals surface area (Å²) in [6.45, 7) is 5.20. The van der Waals surface area contributed by atoms with E-state index in [-0.39, 0.29) is 42.1 Å². The van der Waals surface area contributed by atoms with Crippen molar-refractivity contribution in [3.05, 3.63) is 108 Å². The summed E-state index contributed by atoms with van der Waals surface area (Å²) in [4.78, 5) is 7.42. The van der Waals surface area contributed by atoms with Gasteiger partial charge in [-0.1, -0.05) is 73.3 Å². The highest BCUT2D eigenvalue weighted by Crippen LogP contribution is 2.63. The van der Waals surface area contributed by atoms with Crippen molar-refractivity contribution in [2.24, 2.45) is 22.9 Å². The molecule has 9 heteroatoms. The van der Waals surface area contributed by atoms with Gasteiger partial charge in [0.05, 0.1) is 23.5 Å². The summed E-state index contributed by atoms with van der Waals surface area (Å²) in [5, 5.41) is 25.3. The Morgan fingerprint density at radius 3 is 2.40 bits per heavy atom. The molecule has 6 atom stereocenters. The van der Waals surface area contributed by atoms with Gasteiger partial charge in [-0.2, -0.15) is 0 Å². The van der Waals surface area contributed by atoms with Gasteiger partial charge in [0.2, 0.25) is 5.79 Å². The molecule has 55 heavy (non-hydrogen) atoms. The van der Waals surface area contributed by atoms with Gasteiger partial charge in [-0.25, -0.2) is 0 Å². The quantitative estimate of drug-likeness (QED) is 0.0538. The van der Waals surface area contributed by atoms with Crippen molar-refractivity contribution >= 4 is 29.2 Å². The average Bonchev–Trinajstić information content (AvgIpc) is 3.73. The second-order valence-corrected chi connectivity index (χ2v) is 17.7. The molecule has 0 spiro atoms. The molecule has 3 aromatic carbocycles. The average molecular weight is 784 g/mol. The van der Waals surface area contributed by atoms with Gasteiger partial charge in [-0.15, -0.1) is 30.1 Å². The Morgan fingerprint density at radius 2 is 1.67 bits per heavy atom. The number of ether oxygens (including phenoxy) is 3. The van der Waals surface area contributed by atoms with Crippen molar-refractivity contribution in [3.63, 3.8) is 0 Å². The van der Waals surface area contributed by atoms with Crippen LogP contribution in [0.3, 0.4) is 0 Å². The normalized spacial score (nSPS) is 26.5. The summed E-state index contributed by atoms with van der Waals surface area (Å²) in [6, 6.07) is 24.7. The van der Waals surface area contributed by atoms with Crippen LogP contribution in [0.15, 0.2) is 107 Å². The minimum atomic E-state index is -0.954. The fraction of sp³-hybridized carbons (Fsp3) is 0.500. The van der Waals surface area contributed by atoms with Crippen LogP contribution in [0.25, 0.3) is 0 Å². The first-order chi connectivity index (χ1) is 27.1. The van der Waals surface area contributed by atoms with Crippen molar-refractivity contribution < 1.29 is 29.3 Å². The SMILES string of the molecule is C=CCOC12Oc3ccc(Oc4ccc(SC)cc4)cc3C3C(CCCCO)C(CCCCO)C=C(C(=NOCc4ccccc4)CC1SC1CCCC1)C32. The number of oxime groups is 1. The van der Waals surface area contributed by atoms with Crippen molar-refractivity contribution in [2.45, 2.75) is 104 Å². The highest BCUT2D eigenvalue weighted by atomic mass is 32.2. The number of allylic oxidation sites excluding steroid dienone is 1. The predicted octanol–water partition coefficient (Wildman–Crippen LogP) is 10.7. The van der Waals surface area contributed by atoms with Crippen LogP contribution in [-0.2, 0) is 16.2 Å². The smallest absolute Gasteiger partial charge is 0.230 e. The van der Waals surface area contributed by atoms with E-state index in [2.05, 4.69) is 55.3 Å². The Morgan fingerprint density at radius 1 is 0.927 bits per heavy atom. The molecule has 2 saturated carbocycles. The van der Waals surface area contributed by atoms with Crippen molar-refractivity contribution in [1.82, 2.24) is 0 Å². The monoisotopic (exact) mass is 783 g/mol. The number of thioether (sulfide) groups is 2. The molecule has 294 valence electrons. The fourth-order valence-electron chi connectivity index (χ4n) is 9.30. The Bertz CT molecular complexity index is 1760. The number of nitrogens with zero attached hydrogens (tertiary/aromatic N) is 1. The summed E-state index contributed by atoms with van der Waals surface area (Å²) in [5.41, 5.74) is 4.34. The van der Waals surface area contributed by atoms with Crippen molar-refractivity contribution in [1.29, 1.82) is 0 Å². The number of hydrogen-bond acceptors (Lipinski definition) is 9. The minimum Gasteiger partial charge on any atom is -0.460 e. The number of fused-ring (bicyclic) bond motifs is 2. The van der Waals surface area contributed by atoms with E-state index in [1.807, 2.05) is 54.2 Å². The third-order valence-electron chi connectivity index (χ3n) is 11.8. The van der Waals surface area contributed by atoms with Crippen LogP contribution in [0.5, 0.6) is 17.2 Å². The molecule has 3 aromatic rings. The number of benzene rings is 3. The maximum atomic E-state index is 9.93. The summed E-state index contributed by atoms with van der Waals surface area (Å²) in [5.74, 6) is 1.79. The molecule has 6 unspecified atom stereocenters. The summed E-state index contributed by atoms with van der Waals surface area (Å²) < 4.78 is 21.0. The number of hydrogen-bond donors (Lipinski definition) is 2. The molecular weight excluding hydrogens is 727 g/mol. The van der Waals surface area contributed by atoms with E-state index in [0.29, 0.717) is 24.9 Å². The molecule has 7 nitrogen and oxygen atoms in total. The molecule has 1 aliphatic heterocycles. The van der Waals surface area contributed by atoms with Crippen LogP contribution in [0.4, 0.5) is 0 Å². The maximum absolute atomic E-state index is 9.93. The molecular formula is C46H57NO6S2. The molecule has 0 aromatic heterocycles. The summed E-state index contributed by atoms with van der Waals surface area (Å²) >= 11 is 3.73. The first-order valence-electron chi connectivity index (χ1n) is 20.3. The standard InChI is InChI=1S/C46H57NO6S2/c1-3-27-50-46-43(55-37-16-7-8-17-37)30-41(47-51-31-32-13-5-4-6-14-32)39-28-33(15-9-11-25-48)38(18-10-12-26-49)44(45(39)46)40-29-35(21-24-42(40)53-46)52-34-19-22-36(54-2)23-20-34/h3-6,13-14,19-24,28-29,33,37-38,43-45,48-49H,1,7-12,15-18,25-27,30-31H2,2H3. The molecule has 7 rings (SSSR count). The maximum Gasteiger partial charge on any atom is 0.230 e. The zero-order chi connectivity index (χ0) is 38.0. The fourth-order valence-corrected chi connectivity index (χ4v) is 11.5. The van der Waals surface area contributed by atoms with Gasteiger partial charge in [-0.3, -0.25) is 0 Å². The van der Waals surface area contributed by atoms with Crippen LogP contribution < -0.4 is 9.47 Å². The zero-order valence-corrected chi connectivity index (χ0v) is 33.8. The van der Waals surface area contributed by atoms with E-state index < -0.39 is 5.79 Å². The van der Waals surface area contributed by atoms with Gasteiger partial charge in [-0.05, 0) is 110 Å². The van der Waals surface area contributed by atoms with E-state index >= 15 is 0 Å². The van der Waals surface area contributed by atoms with Gasteiger partial charge < -0.3 is 29.3 Å². The molecule has 0 saturated heterocycles. The molecule has 4 aliphatic rings. The zero-order valence-electron chi connectivity index (χ0n) is 32.2. The highest BCUT2D eigenvalue weighted by Gasteiger charge is 2.64. The lowest BCUT2D eigenvalue weighted by molar-refractivity contribution is -0.223. The molecule has 0 bridgehead atoms. The molecule has 0 amide bonds. The van der Waals surface area contributed by atoms with Gasteiger partial charge in [0.25, 0.3) is 0 Å². The third kappa shape index (κ3) is 9.18. The number of rotatable bonds is 19. The topological polar surface area (TPSA) is 89.7 Å². The van der Waals surface area contributed by atoms with E-state index in [1.54, 1.807) is 11.8 Å². The lowest BCUT2D eigenvalue weighted by Crippen LogP contribution is -2.64. The van der Waals surface area contributed by atoms with Gasteiger partial charge >= 0.3 is 0 Å². The lowest BCUT2D eigenvalue weighted by atomic mass is 9.56. The van der Waals surface area contributed by atoms with E-state index in [9.17, 15) is 10.2 Å². The Hall–Kier alpha value is -3.21. The first-order valence-corrected chi connectivity index (χ1v) is 22.4. The largest absolute Gasteiger partial charge is 0.460 e. The molecule has 2 fully saturated rings. The Balaban J connectivity index is 1.37. The predicted molar refractivity (Wildman–Crippen MR) is 224 cm³/mol. The van der Waals surface area contributed by atoms with Crippen LogP contribution in [0.1, 0.15) is 87.7 Å². The van der Waals surface area contributed by atoms with Gasteiger partial charge in [0, 0.05) is 41.3 Å². The summed E-state index contributed by atoms with van der Waals surface area (Å²) in [7, 11) is 0. The molecule has 2 N–H and O–H groups in total. The number of aliphatic hydroxyl groups is 2.